The number of carbonyl (C=O) groups is 1. The van der Waals surface area contributed by atoms with Gasteiger partial charge in [0.05, 0.1) is 18.8 Å². The number of anilines is 1. The summed E-state index contributed by atoms with van der Waals surface area (Å²) in [6.07, 6.45) is 7.62. The van der Waals surface area contributed by atoms with Gasteiger partial charge in [0.2, 0.25) is 0 Å². The van der Waals surface area contributed by atoms with Crippen LogP contribution in [0.1, 0.15) is 42.5 Å². The molecule has 1 aromatic rings. The minimum atomic E-state index is 0.00271. The first-order valence-corrected chi connectivity index (χ1v) is 7.92. The summed E-state index contributed by atoms with van der Waals surface area (Å²) in [5.74, 6) is 0.926. The van der Waals surface area contributed by atoms with Gasteiger partial charge < -0.3 is 15.0 Å². The van der Waals surface area contributed by atoms with Crippen molar-refractivity contribution in [2.24, 2.45) is 0 Å². The zero-order chi connectivity index (χ0) is 14.5. The Morgan fingerprint density at radius 3 is 2.62 bits per heavy atom. The highest BCUT2D eigenvalue weighted by Crippen LogP contribution is 2.18. The van der Waals surface area contributed by atoms with E-state index >= 15 is 0 Å². The van der Waals surface area contributed by atoms with E-state index in [9.17, 15) is 4.79 Å². The molecule has 1 N–H and O–H groups in total. The van der Waals surface area contributed by atoms with Crippen molar-refractivity contribution in [2.45, 2.75) is 38.1 Å². The SMILES string of the molecule is O=C(NC1CCCCC1)c1ccc(N2CCOCC2)nc1. The van der Waals surface area contributed by atoms with Crippen LogP contribution in [0.5, 0.6) is 0 Å². The molecular formula is C16H23N3O2. The van der Waals surface area contributed by atoms with Gasteiger partial charge >= 0.3 is 0 Å². The highest BCUT2D eigenvalue weighted by Gasteiger charge is 2.17. The summed E-state index contributed by atoms with van der Waals surface area (Å²) in [5.41, 5.74) is 0.651. The molecule has 2 aliphatic rings. The van der Waals surface area contributed by atoms with Gasteiger partial charge in [0.25, 0.3) is 5.91 Å². The van der Waals surface area contributed by atoms with Gasteiger partial charge in [-0.1, -0.05) is 19.3 Å². The molecule has 0 spiro atoms. The van der Waals surface area contributed by atoms with Gasteiger partial charge in [0, 0.05) is 25.3 Å². The Morgan fingerprint density at radius 2 is 1.95 bits per heavy atom. The van der Waals surface area contributed by atoms with Gasteiger partial charge in [-0.25, -0.2) is 4.98 Å². The number of nitrogens with one attached hydrogen (secondary N) is 1. The van der Waals surface area contributed by atoms with Crippen LogP contribution in [0.4, 0.5) is 5.82 Å². The van der Waals surface area contributed by atoms with Crippen molar-refractivity contribution in [2.75, 3.05) is 31.2 Å². The molecule has 2 heterocycles. The number of nitrogens with zero attached hydrogens (tertiary/aromatic N) is 2. The van der Waals surface area contributed by atoms with E-state index in [-0.39, 0.29) is 5.91 Å². The summed E-state index contributed by atoms with van der Waals surface area (Å²) in [7, 11) is 0. The molecule has 1 saturated heterocycles. The minimum Gasteiger partial charge on any atom is -0.378 e. The predicted molar refractivity (Wildman–Crippen MR) is 81.6 cm³/mol. The van der Waals surface area contributed by atoms with E-state index in [1.165, 1.54) is 19.3 Å². The molecule has 0 unspecified atom stereocenters. The third-order valence-electron chi connectivity index (χ3n) is 4.29. The fourth-order valence-corrected chi connectivity index (χ4v) is 3.02. The van der Waals surface area contributed by atoms with Crippen molar-refractivity contribution in [3.63, 3.8) is 0 Å². The molecule has 114 valence electrons. The molecule has 2 fully saturated rings. The summed E-state index contributed by atoms with van der Waals surface area (Å²) in [4.78, 5) is 18.8. The Balaban J connectivity index is 1.58. The zero-order valence-electron chi connectivity index (χ0n) is 12.4. The Labute approximate surface area is 125 Å². The smallest absolute Gasteiger partial charge is 0.253 e. The van der Waals surface area contributed by atoms with Crippen LogP contribution >= 0.6 is 0 Å². The second-order valence-electron chi connectivity index (χ2n) is 5.81. The summed E-state index contributed by atoms with van der Waals surface area (Å²) in [6, 6.07) is 4.14. The number of hydrogen-bond acceptors (Lipinski definition) is 4. The summed E-state index contributed by atoms with van der Waals surface area (Å²) < 4.78 is 5.33. The summed E-state index contributed by atoms with van der Waals surface area (Å²) in [6.45, 7) is 3.21. The maximum Gasteiger partial charge on any atom is 0.253 e. The largest absolute Gasteiger partial charge is 0.378 e. The molecule has 1 aliphatic carbocycles. The molecular weight excluding hydrogens is 266 g/mol. The van der Waals surface area contributed by atoms with Crippen molar-refractivity contribution in [1.29, 1.82) is 0 Å². The van der Waals surface area contributed by atoms with Gasteiger partial charge in [-0.05, 0) is 25.0 Å². The third kappa shape index (κ3) is 3.73. The van der Waals surface area contributed by atoms with E-state index in [2.05, 4.69) is 15.2 Å². The van der Waals surface area contributed by atoms with Gasteiger partial charge in [-0.2, -0.15) is 0 Å². The molecule has 0 aromatic carbocycles. The first-order valence-electron chi connectivity index (χ1n) is 7.92. The number of morpholine rings is 1. The standard InChI is InChI=1S/C16H23N3O2/c20-16(18-14-4-2-1-3-5-14)13-6-7-15(17-12-13)19-8-10-21-11-9-19/h6-7,12,14H,1-5,8-11H2,(H,18,20). The normalized spacial score (nSPS) is 20.3. The van der Waals surface area contributed by atoms with Crippen molar-refractivity contribution in [1.82, 2.24) is 10.3 Å². The third-order valence-corrected chi connectivity index (χ3v) is 4.29. The number of hydrogen-bond donors (Lipinski definition) is 1. The van der Waals surface area contributed by atoms with Crippen molar-refractivity contribution in [3.8, 4) is 0 Å². The van der Waals surface area contributed by atoms with Crippen LogP contribution in [0, 0.1) is 0 Å². The second-order valence-corrected chi connectivity index (χ2v) is 5.81. The van der Waals surface area contributed by atoms with Crippen LogP contribution in [-0.2, 0) is 4.74 Å². The van der Waals surface area contributed by atoms with Crippen molar-refractivity contribution >= 4 is 11.7 Å². The zero-order valence-corrected chi connectivity index (χ0v) is 12.4. The lowest BCUT2D eigenvalue weighted by Gasteiger charge is -2.27. The Bertz CT molecular complexity index is 463. The maximum absolute atomic E-state index is 12.2. The molecule has 5 heteroatoms. The van der Waals surface area contributed by atoms with E-state index in [1.54, 1.807) is 6.20 Å². The van der Waals surface area contributed by atoms with Crippen molar-refractivity contribution in [3.05, 3.63) is 23.9 Å². The number of aromatic nitrogens is 1. The molecule has 5 nitrogen and oxygen atoms in total. The monoisotopic (exact) mass is 289 g/mol. The van der Waals surface area contributed by atoms with Gasteiger partial charge in [-0.3, -0.25) is 4.79 Å². The quantitative estimate of drug-likeness (QED) is 0.924. The lowest BCUT2D eigenvalue weighted by molar-refractivity contribution is 0.0927. The molecule has 0 atom stereocenters. The van der Waals surface area contributed by atoms with Crippen LogP contribution in [0.15, 0.2) is 18.3 Å². The number of ether oxygens (including phenoxy) is 1. The van der Waals surface area contributed by atoms with Crippen LogP contribution in [0.25, 0.3) is 0 Å². The number of pyridine rings is 1. The number of rotatable bonds is 3. The Kier molecular flexibility index (Phi) is 4.70. The van der Waals surface area contributed by atoms with E-state index in [0.29, 0.717) is 11.6 Å². The highest BCUT2D eigenvalue weighted by molar-refractivity contribution is 5.94. The molecule has 21 heavy (non-hydrogen) atoms. The van der Waals surface area contributed by atoms with E-state index in [4.69, 9.17) is 4.74 Å². The minimum absolute atomic E-state index is 0.00271. The van der Waals surface area contributed by atoms with Gasteiger partial charge in [0.1, 0.15) is 5.82 Å². The average Bonchev–Trinajstić information content (AvgIpc) is 2.57. The molecule has 1 saturated carbocycles. The lowest BCUT2D eigenvalue weighted by atomic mass is 9.95. The fourth-order valence-electron chi connectivity index (χ4n) is 3.02. The second kappa shape index (κ2) is 6.89. The molecule has 3 rings (SSSR count). The summed E-state index contributed by atoms with van der Waals surface area (Å²) in [5, 5.41) is 3.12. The molecule has 1 aliphatic heterocycles. The predicted octanol–water partition coefficient (Wildman–Crippen LogP) is 1.98. The first kappa shape index (κ1) is 14.3. The molecule has 0 radical (unpaired) electrons. The van der Waals surface area contributed by atoms with E-state index in [1.807, 2.05) is 12.1 Å². The van der Waals surface area contributed by atoms with Crippen LogP contribution in [0.3, 0.4) is 0 Å². The van der Waals surface area contributed by atoms with Gasteiger partial charge in [0.15, 0.2) is 0 Å². The molecule has 0 bridgehead atoms. The fraction of sp³-hybridized carbons (Fsp3) is 0.625. The number of amides is 1. The Hall–Kier alpha value is -1.62. The van der Waals surface area contributed by atoms with Gasteiger partial charge in [-0.15, -0.1) is 0 Å². The number of carbonyl (C=O) groups excluding carboxylic acids is 1. The topological polar surface area (TPSA) is 54.5 Å². The molecule has 1 amide bonds. The van der Waals surface area contributed by atoms with Crippen LogP contribution < -0.4 is 10.2 Å². The van der Waals surface area contributed by atoms with Crippen LogP contribution in [0.2, 0.25) is 0 Å². The van der Waals surface area contributed by atoms with Crippen LogP contribution in [-0.4, -0.2) is 43.2 Å². The first-order chi connectivity index (χ1) is 10.3. The lowest BCUT2D eigenvalue weighted by Crippen LogP contribution is -2.37. The average molecular weight is 289 g/mol. The maximum atomic E-state index is 12.2. The highest BCUT2D eigenvalue weighted by atomic mass is 16.5. The van der Waals surface area contributed by atoms with E-state index < -0.39 is 0 Å². The van der Waals surface area contributed by atoms with Crippen molar-refractivity contribution < 1.29 is 9.53 Å². The Morgan fingerprint density at radius 1 is 1.19 bits per heavy atom. The molecule has 1 aromatic heterocycles. The van der Waals surface area contributed by atoms with E-state index in [0.717, 1.165) is 45.0 Å². The summed E-state index contributed by atoms with van der Waals surface area (Å²) >= 11 is 0.